The Balaban J connectivity index is 3.10. The van der Waals surface area contributed by atoms with Gasteiger partial charge >= 0.3 is 5.97 Å². The highest BCUT2D eigenvalue weighted by Gasteiger charge is 2.11. The van der Waals surface area contributed by atoms with Crippen LogP contribution in [0.2, 0.25) is 0 Å². The first-order chi connectivity index (χ1) is 9.12. The molecule has 0 N–H and O–H groups in total. The molecule has 4 nitrogen and oxygen atoms in total. The predicted octanol–water partition coefficient (Wildman–Crippen LogP) is 3.09. The third-order valence-electron chi connectivity index (χ3n) is 2.16. The van der Waals surface area contributed by atoms with E-state index < -0.39 is 5.97 Å². The third kappa shape index (κ3) is 4.27. The van der Waals surface area contributed by atoms with E-state index in [9.17, 15) is 4.79 Å². The van der Waals surface area contributed by atoms with Gasteiger partial charge in [0.25, 0.3) is 0 Å². The second kappa shape index (κ2) is 7.39. The maximum absolute atomic E-state index is 11.6. The number of esters is 1. The minimum absolute atomic E-state index is 0.0630. The van der Waals surface area contributed by atoms with Gasteiger partial charge < -0.3 is 9.47 Å². The van der Waals surface area contributed by atoms with Crippen LogP contribution in [0.3, 0.4) is 0 Å². The van der Waals surface area contributed by atoms with Crippen LogP contribution < -0.4 is 4.74 Å². The number of carbonyl (C=O) groups is 1. The molecule has 1 rings (SSSR count). The number of carbonyl (C=O) groups excluding carboxylic acids is 1. The average Bonchev–Trinajstić information content (AvgIpc) is 2.42. The fourth-order valence-electron chi connectivity index (χ4n) is 1.32. The zero-order chi connectivity index (χ0) is 14.3. The van der Waals surface area contributed by atoms with Gasteiger partial charge in [0.15, 0.2) is 0 Å². The van der Waals surface area contributed by atoms with Crippen LogP contribution in [0.25, 0.3) is 6.08 Å². The van der Waals surface area contributed by atoms with Crippen molar-refractivity contribution >= 4 is 28.0 Å². The molecule has 19 heavy (non-hydrogen) atoms. The first-order valence-corrected chi connectivity index (χ1v) is 6.15. The van der Waals surface area contributed by atoms with E-state index in [1.165, 1.54) is 19.3 Å². The molecular formula is C14H12BrNO3. The number of ether oxygens (including phenoxy) is 2. The molecule has 0 aliphatic carbocycles. The topological polar surface area (TPSA) is 59.3 Å². The molecule has 0 fully saturated rings. The third-order valence-corrected chi connectivity index (χ3v) is 2.66. The fraction of sp³-hybridized carbons (Fsp3) is 0.143. The lowest BCUT2D eigenvalue weighted by Gasteiger charge is -2.06. The van der Waals surface area contributed by atoms with Crippen molar-refractivity contribution in [1.82, 2.24) is 0 Å². The molecule has 0 aliphatic rings. The van der Waals surface area contributed by atoms with Crippen LogP contribution in [-0.2, 0) is 9.53 Å². The number of hydrogen-bond acceptors (Lipinski definition) is 4. The second-order valence-corrected chi connectivity index (χ2v) is 4.36. The fourth-order valence-corrected chi connectivity index (χ4v) is 1.70. The summed E-state index contributed by atoms with van der Waals surface area (Å²) in [5, 5.41) is 8.99. The molecule has 0 radical (unpaired) electrons. The molecule has 0 aromatic heterocycles. The Bertz CT molecular complexity index is 558. The van der Waals surface area contributed by atoms with E-state index in [0.29, 0.717) is 11.3 Å². The summed E-state index contributed by atoms with van der Waals surface area (Å²) in [4.78, 5) is 11.6. The highest BCUT2D eigenvalue weighted by atomic mass is 79.9. The summed E-state index contributed by atoms with van der Waals surface area (Å²) in [6, 6.07) is 7.10. The van der Waals surface area contributed by atoms with Gasteiger partial charge in [0.05, 0.1) is 7.11 Å². The first kappa shape index (κ1) is 15.0. The lowest BCUT2D eigenvalue weighted by Crippen LogP contribution is -2.06. The number of methoxy groups -OCH3 is 1. The van der Waals surface area contributed by atoms with E-state index in [0.717, 1.165) is 4.47 Å². The molecule has 0 spiro atoms. The van der Waals surface area contributed by atoms with E-state index >= 15 is 0 Å². The summed E-state index contributed by atoms with van der Waals surface area (Å²) >= 11 is 3.32. The number of nitriles is 1. The van der Waals surface area contributed by atoms with Crippen LogP contribution in [0.1, 0.15) is 5.56 Å². The Labute approximate surface area is 120 Å². The van der Waals surface area contributed by atoms with Crippen molar-refractivity contribution in [3.63, 3.8) is 0 Å². The predicted molar refractivity (Wildman–Crippen MR) is 75.4 cm³/mol. The second-order valence-electron chi connectivity index (χ2n) is 3.44. The van der Waals surface area contributed by atoms with Crippen molar-refractivity contribution in [1.29, 1.82) is 5.26 Å². The van der Waals surface area contributed by atoms with Crippen LogP contribution in [0, 0.1) is 11.3 Å². The summed E-state index contributed by atoms with van der Waals surface area (Å²) < 4.78 is 10.8. The summed E-state index contributed by atoms with van der Waals surface area (Å²) in [7, 11) is 1.52. The van der Waals surface area contributed by atoms with Crippen molar-refractivity contribution in [2.75, 3.05) is 13.7 Å². The molecule has 1 aromatic rings. The van der Waals surface area contributed by atoms with Crippen molar-refractivity contribution in [3.05, 3.63) is 46.5 Å². The molecule has 0 atom stereocenters. The highest BCUT2D eigenvalue weighted by Crippen LogP contribution is 2.25. The van der Waals surface area contributed by atoms with Crippen LogP contribution in [0.5, 0.6) is 5.75 Å². The molecule has 0 unspecified atom stereocenters. The zero-order valence-corrected chi connectivity index (χ0v) is 11.9. The van der Waals surface area contributed by atoms with E-state index in [1.807, 2.05) is 6.07 Å². The summed E-state index contributed by atoms with van der Waals surface area (Å²) in [5.41, 5.74) is 0.516. The van der Waals surface area contributed by atoms with Gasteiger partial charge in [-0.3, -0.25) is 0 Å². The minimum Gasteiger partial charge on any atom is -0.496 e. The molecule has 0 bridgehead atoms. The van der Waals surface area contributed by atoms with Crippen LogP contribution in [0.15, 0.2) is 40.9 Å². The van der Waals surface area contributed by atoms with Crippen molar-refractivity contribution in [2.45, 2.75) is 0 Å². The first-order valence-electron chi connectivity index (χ1n) is 5.35. The quantitative estimate of drug-likeness (QED) is 0.362. The van der Waals surface area contributed by atoms with Crippen molar-refractivity contribution in [2.24, 2.45) is 0 Å². The van der Waals surface area contributed by atoms with E-state index in [4.69, 9.17) is 14.7 Å². The maximum Gasteiger partial charge on any atom is 0.349 e. The summed E-state index contributed by atoms with van der Waals surface area (Å²) in [6.45, 7) is 3.50. The van der Waals surface area contributed by atoms with Gasteiger partial charge in [-0.05, 0) is 24.3 Å². The number of rotatable bonds is 5. The van der Waals surface area contributed by atoms with Gasteiger partial charge in [0.1, 0.15) is 24.0 Å². The Hall–Kier alpha value is -2.06. The number of halogens is 1. The van der Waals surface area contributed by atoms with E-state index in [2.05, 4.69) is 22.5 Å². The van der Waals surface area contributed by atoms with Gasteiger partial charge in [0, 0.05) is 10.0 Å². The monoisotopic (exact) mass is 321 g/mol. The lowest BCUT2D eigenvalue weighted by molar-refractivity contribution is -0.137. The SMILES string of the molecule is C=CCOC(=O)/C(C#N)=C\c1cc(Br)ccc1OC. The van der Waals surface area contributed by atoms with Crippen LogP contribution in [-0.4, -0.2) is 19.7 Å². The van der Waals surface area contributed by atoms with Crippen LogP contribution in [0.4, 0.5) is 0 Å². The minimum atomic E-state index is -0.690. The molecule has 0 saturated heterocycles. The Morgan fingerprint density at radius 3 is 2.89 bits per heavy atom. The smallest absolute Gasteiger partial charge is 0.349 e. The number of benzene rings is 1. The zero-order valence-electron chi connectivity index (χ0n) is 10.4. The molecular weight excluding hydrogens is 310 g/mol. The highest BCUT2D eigenvalue weighted by molar-refractivity contribution is 9.10. The Kier molecular flexibility index (Phi) is 5.83. The molecule has 0 heterocycles. The molecule has 0 saturated carbocycles. The van der Waals surface area contributed by atoms with Gasteiger partial charge in [-0.15, -0.1) is 0 Å². The van der Waals surface area contributed by atoms with Crippen molar-refractivity contribution in [3.8, 4) is 11.8 Å². The molecule has 0 aliphatic heterocycles. The van der Waals surface area contributed by atoms with Crippen LogP contribution >= 0.6 is 15.9 Å². The van der Waals surface area contributed by atoms with Gasteiger partial charge in [-0.1, -0.05) is 28.6 Å². The summed E-state index contributed by atoms with van der Waals surface area (Å²) in [6.07, 6.45) is 2.86. The molecule has 1 aromatic carbocycles. The Morgan fingerprint density at radius 2 is 2.32 bits per heavy atom. The van der Waals surface area contributed by atoms with Crippen molar-refractivity contribution < 1.29 is 14.3 Å². The summed E-state index contributed by atoms with van der Waals surface area (Å²) in [5.74, 6) is -0.128. The lowest BCUT2D eigenvalue weighted by atomic mass is 10.1. The largest absolute Gasteiger partial charge is 0.496 e. The number of hydrogen-bond donors (Lipinski definition) is 0. The number of nitrogens with zero attached hydrogens (tertiary/aromatic N) is 1. The van der Waals surface area contributed by atoms with E-state index in [1.54, 1.807) is 18.2 Å². The van der Waals surface area contributed by atoms with Gasteiger partial charge in [-0.2, -0.15) is 5.26 Å². The van der Waals surface area contributed by atoms with Gasteiger partial charge in [-0.25, -0.2) is 4.79 Å². The van der Waals surface area contributed by atoms with Gasteiger partial charge in [0.2, 0.25) is 0 Å². The standard InChI is InChI=1S/C14H12BrNO3/c1-3-6-19-14(17)11(9-16)7-10-8-12(15)4-5-13(10)18-2/h3-5,7-8H,1,6H2,2H3/b11-7-. The molecule has 98 valence electrons. The van der Waals surface area contributed by atoms with E-state index in [-0.39, 0.29) is 12.2 Å². The molecule has 0 amide bonds. The average molecular weight is 322 g/mol. The normalized spacial score (nSPS) is 10.5. The Morgan fingerprint density at radius 1 is 1.58 bits per heavy atom. The molecule has 5 heteroatoms. The maximum atomic E-state index is 11.6.